The number of benzene rings is 1. The van der Waals surface area contributed by atoms with E-state index in [1.807, 2.05) is 32.0 Å². The van der Waals surface area contributed by atoms with E-state index in [1.165, 1.54) is 7.11 Å². The Labute approximate surface area is 106 Å². The predicted octanol–water partition coefficient (Wildman–Crippen LogP) is 1.86. The first-order valence-electron chi connectivity index (χ1n) is 5.01. The summed E-state index contributed by atoms with van der Waals surface area (Å²) in [5.41, 5.74) is 7.89. The molecule has 17 heavy (non-hydrogen) atoms. The summed E-state index contributed by atoms with van der Waals surface area (Å²) in [7, 11) is 1.28. The lowest BCUT2D eigenvalue weighted by atomic mass is 10.1. The third-order valence-electron chi connectivity index (χ3n) is 2.10. The second-order valence-corrected chi connectivity index (χ2v) is 3.92. The van der Waals surface area contributed by atoms with E-state index in [1.54, 1.807) is 0 Å². The van der Waals surface area contributed by atoms with Crippen LogP contribution in [0.3, 0.4) is 0 Å². The molecule has 0 heterocycles. The van der Waals surface area contributed by atoms with Crippen molar-refractivity contribution in [2.75, 3.05) is 12.4 Å². The molecule has 0 saturated carbocycles. The molecular weight excluding hydrogens is 238 g/mol. The van der Waals surface area contributed by atoms with Gasteiger partial charge in [0.05, 0.1) is 7.11 Å². The Morgan fingerprint density at radius 2 is 2.00 bits per heavy atom. The molecule has 6 heteroatoms. The predicted molar refractivity (Wildman–Crippen MR) is 70.8 cm³/mol. The zero-order valence-corrected chi connectivity index (χ0v) is 10.8. The minimum absolute atomic E-state index is 0.295. The highest BCUT2D eigenvalue weighted by molar-refractivity contribution is 7.80. The van der Waals surface area contributed by atoms with E-state index in [-0.39, 0.29) is 0 Å². The van der Waals surface area contributed by atoms with E-state index in [0.29, 0.717) is 5.11 Å². The van der Waals surface area contributed by atoms with Gasteiger partial charge < -0.3 is 10.1 Å². The number of methoxy groups -OCH3 is 1. The average Bonchev–Trinajstić information content (AvgIpc) is 2.30. The number of carbonyl (C=O) groups is 1. The standard InChI is InChI=1S/C11H15N3O2S/c1-7-4-5-8(2)9(6-7)12-10(17)13-14-11(15)16-3/h4-6H,1-3H3,(H,14,15)(H2,12,13,17). The van der Waals surface area contributed by atoms with Crippen molar-refractivity contribution in [2.24, 2.45) is 0 Å². The molecule has 0 fully saturated rings. The topological polar surface area (TPSA) is 62.4 Å². The van der Waals surface area contributed by atoms with Gasteiger partial charge in [0.1, 0.15) is 0 Å². The summed E-state index contributed by atoms with van der Waals surface area (Å²) in [4.78, 5) is 10.8. The molecule has 0 aliphatic rings. The molecule has 0 aliphatic heterocycles. The second-order valence-electron chi connectivity index (χ2n) is 3.51. The third-order valence-corrected chi connectivity index (χ3v) is 2.31. The molecule has 0 aromatic heterocycles. The Bertz CT molecular complexity index is 435. The molecule has 1 aromatic rings. The second kappa shape index (κ2) is 6.05. The van der Waals surface area contributed by atoms with Crippen molar-refractivity contribution in [3.8, 4) is 0 Å². The van der Waals surface area contributed by atoms with Gasteiger partial charge in [0, 0.05) is 5.69 Å². The van der Waals surface area contributed by atoms with Crippen molar-refractivity contribution in [2.45, 2.75) is 13.8 Å². The first-order valence-corrected chi connectivity index (χ1v) is 5.42. The minimum atomic E-state index is -0.602. The molecule has 1 amide bonds. The molecule has 0 atom stereocenters. The van der Waals surface area contributed by atoms with Gasteiger partial charge in [0.15, 0.2) is 5.11 Å². The Morgan fingerprint density at radius 3 is 2.65 bits per heavy atom. The van der Waals surface area contributed by atoms with Gasteiger partial charge in [-0.3, -0.25) is 5.43 Å². The normalized spacial score (nSPS) is 9.35. The summed E-state index contributed by atoms with van der Waals surface area (Å²) in [6.45, 7) is 3.96. The summed E-state index contributed by atoms with van der Waals surface area (Å²) in [6, 6.07) is 5.99. The Hall–Kier alpha value is -1.82. The molecule has 5 nitrogen and oxygen atoms in total. The van der Waals surface area contributed by atoms with E-state index in [9.17, 15) is 4.79 Å². The van der Waals surface area contributed by atoms with Gasteiger partial charge in [-0.1, -0.05) is 12.1 Å². The van der Waals surface area contributed by atoms with Crippen LogP contribution in [0.4, 0.5) is 10.5 Å². The Balaban J connectivity index is 2.56. The number of thiocarbonyl (C=S) groups is 1. The largest absolute Gasteiger partial charge is 0.452 e. The quantitative estimate of drug-likeness (QED) is 0.527. The number of hydrogen-bond donors (Lipinski definition) is 3. The maximum atomic E-state index is 10.8. The lowest BCUT2D eigenvalue weighted by molar-refractivity contribution is 0.169. The van der Waals surface area contributed by atoms with Crippen LogP contribution in [0.15, 0.2) is 18.2 Å². The SMILES string of the molecule is COC(=O)NNC(=S)Nc1cc(C)ccc1C. The smallest absolute Gasteiger partial charge is 0.425 e. The van der Waals surface area contributed by atoms with Gasteiger partial charge in [-0.05, 0) is 43.3 Å². The lowest BCUT2D eigenvalue weighted by Crippen LogP contribution is -2.43. The summed E-state index contributed by atoms with van der Waals surface area (Å²) in [6.07, 6.45) is -0.602. The van der Waals surface area contributed by atoms with Gasteiger partial charge in [0.2, 0.25) is 0 Å². The van der Waals surface area contributed by atoms with Crippen molar-refractivity contribution >= 4 is 29.1 Å². The zero-order valence-electron chi connectivity index (χ0n) is 9.96. The van der Waals surface area contributed by atoms with Crippen LogP contribution in [-0.4, -0.2) is 18.3 Å². The number of carbonyl (C=O) groups excluding carboxylic acids is 1. The van der Waals surface area contributed by atoms with Crippen molar-refractivity contribution < 1.29 is 9.53 Å². The molecule has 92 valence electrons. The molecule has 0 spiro atoms. The third kappa shape index (κ3) is 4.28. The van der Waals surface area contributed by atoms with Crippen molar-refractivity contribution in [1.29, 1.82) is 0 Å². The molecule has 0 bridgehead atoms. The minimum Gasteiger partial charge on any atom is -0.452 e. The van der Waals surface area contributed by atoms with Crippen LogP contribution in [-0.2, 0) is 4.74 Å². The van der Waals surface area contributed by atoms with Crippen LogP contribution in [0, 0.1) is 13.8 Å². The molecule has 0 unspecified atom stereocenters. The molecular formula is C11H15N3O2S. The highest BCUT2D eigenvalue weighted by Gasteiger charge is 2.03. The highest BCUT2D eigenvalue weighted by atomic mass is 32.1. The van der Waals surface area contributed by atoms with E-state index >= 15 is 0 Å². The molecule has 0 aliphatic carbocycles. The fourth-order valence-electron chi connectivity index (χ4n) is 1.18. The number of hydrazine groups is 1. The number of anilines is 1. The van der Waals surface area contributed by atoms with Crippen LogP contribution >= 0.6 is 12.2 Å². The van der Waals surface area contributed by atoms with E-state index in [2.05, 4.69) is 20.9 Å². The molecule has 1 rings (SSSR count). The lowest BCUT2D eigenvalue weighted by Gasteiger charge is -2.13. The van der Waals surface area contributed by atoms with Gasteiger partial charge >= 0.3 is 6.09 Å². The van der Waals surface area contributed by atoms with E-state index in [4.69, 9.17) is 12.2 Å². The van der Waals surface area contributed by atoms with Gasteiger partial charge in [0.25, 0.3) is 0 Å². The molecule has 0 radical (unpaired) electrons. The van der Waals surface area contributed by atoms with Crippen LogP contribution in [0.25, 0.3) is 0 Å². The molecule has 3 N–H and O–H groups in total. The van der Waals surface area contributed by atoms with Crippen LogP contribution in [0.1, 0.15) is 11.1 Å². The summed E-state index contributed by atoms with van der Waals surface area (Å²) in [5.74, 6) is 0. The molecule has 1 aromatic carbocycles. The van der Waals surface area contributed by atoms with Crippen LogP contribution in [0.5, 0.6) is 0 Å². The number of ether oxygens (including phenoxy) is 1. The number of hydrogen-bond acceptors (Lipinski definition) is 3. The zero-order chi connectivity index (χ0) is 12.8. The summed E-state index contributed by atoms with van der Waals surface area (Å²) < 4.78 is 4.39. The number of aryl methyl sites for hydroxylation is 2. The summed E-state index contributed by atoms with van der Waals surface area (Å²) in [5, 5.41) is 3.28. The van der Waals surface area contributed by atoms with Crippen molar-refractivity contribution in [3.05, 3.63) is 29.3 Å². The van der Waals surface area contributed by atoms with Gasteiger partial charge in [-0.25, -0.2) is 10.2 Å². The molecule has 0 saturated heterocycles. The first kappa shape index (κ1) is 13.2. The van der Waals surface area contributed by atoms with Gasteiger partial charge in [-0.2, -0.15) is 0 Å². The first-order chi connectivity index (χ1) is 8.02. The Kier molecular flexibility index (Phi) is 4.71. The van der Waals surface area contributed by atoms with Crippen molar-refractivity contribution in [1.82, 2.24) is 10.9 Å². The van der Waals surface area contributed by atoms with Crippen molar-refractivity contribution in [3.63, 3.8) is 0 Å². The van der Waals surface area contributed by atoms with E-state index in [0.717, 1.165) is 16.8 Å². The average molecular weight is 253 g/mol. The number of amides is 1. The van der Waals surface area contributed by atoms with E-state index < -0.39 is 6.09 Å². The monoisotopic (exact) mass is 253 g/mol. The Morgan fingerprint density at radius 1 is 1.29 bits per heavy atom. The number of nitrogens with one attached hydrogen (secondary N) is 3. The summed E-state index contributed by atoms with van der Waals surface area (Å²) >= 11 is 5.01. The maximum Gasteiger partial charge on any atom is 0.425 e. The van der Waals surface area contributed by atoms with Crippen LogP contribution in [0.2, 0.25) is 0 Å². The fourth-order valence-corrected chi connectivity index (χ4v) is 1.34. The highest BCUT2D eigenvalue weighted by Crippen LogP contribution is 2.15. The fraction of sp³-hybridized carbons (Fsp3) is 0.273. The number of rotatable bonds is 1. The van der Waals surface area contributed by atoms with Gasteiger partial charge in [-0.15, -0.1) is 0 Å². The maximum absolute atomic E-state index is 10.8. The van der Waals surface area contributed by atoms with Crippen LogP contribution < -0.4 is 16.2 Å².